The summed E-state index contributed by atoms with van der Waals surface area (Å²) in [4.78, 5) is 11.9. The molecule has 0 spiro atoms. The lowest BCUT2D eigenvalue weighted by Gasteiger charge is -2.10. The third-order valence-corrected chi connectivity index (χ3v) is 4.00. The van der Waals surface area contributed by atoms with Crippen molar-refractivity contribution in [3.63, 3.8) is 0 Å². The van der Waals surface area contributed by atoms with E-state index < -0.39 is 10.0 Å². The maximum Gasteiger partial charge on any atom is 0.273 e. The molecule has 1 aromatic rings. The van der Waals surface area contributed by atoms with Crippen LogP contribution >= 0.6 is 12.4 Å². The summed E-state index contributed by atoms with van der Waals surface area (Å²) in [6.45, 7) is 3.90. The van der Waals surface area contributed by atoms with Crippen molar-refractivity contribution in [3.05, 3.63) is 17.4 Å². The van der Waals surface area contributed by atoms with Crippen molar-refractivity contribution in [1.29, 1.82) is 0 Å². The molecule has 0 bridgehead atoms. The molecule has 9 heteroatoms. The number of aryl methyl sites for hydroxylation is 1. The van der Waals surface area contributed by atoms with Crippen LogP contribution in [-0.4, -0.2) is 41.0 Å². The molecule has 3 N–H and O–H groups in total. The molecule has 1 amide bonds. The number of furan rings is 1. The molecule has 1 atom stereocenters. The molecule has 1 heterocycles. The van der Waals surface area contributed by atoms with E-state index in [-0.39, 0.29) is 40.8 Å². The van der Waals surface area contributed by atoms with Crippen molar-refractivity contribution in [2.24, 2.45) is 0 Å². The first-order valence-electron chi connectivity index (χ1n) is 5.81. The number of halogens is 1. The van der Waals surface area contributed by atoms with Gasteiger partial charge in [0.2, 0.25) is 5.09 Å². The molecule has 1 unspecified atom stereocenters. The van der Waals surface area contributed by atoms with Gasteiger partial charge < -0.3 is 15.1 Å². The number of nitrogens with one attached hydrogen (secondary N) is 3. The summed E-state index contributed by atoms with van der Waals surface area (Å²) in [5, 5.41) is 5.41. The molecule has 0 aliphatic rings. The number of hydrogen-bond donors (Lipinski definition) is 3. The zero-order valence-corrected chi connectivity index (χ0v) is 13.4. The van der Waals surface area contributed by atoms with E-state index in [4.69, 9.17) is 4.42 Å². The first-order chi connectivity index (χ1) is 8.81. The van der Waals surface area contributed by atoms with Gasteiger partial charge in [-0.15, -0.1) is 12.4 Å². The van der Waals surface area contributed by atoms with Gasteiger partial charge in [-0.2, -0.15) is 0 Å². The van der Waals surface area contributed by atoms with Crippen LogP contribution in [0.15, 0.2) is 15.6 Å². The fraction of sp³-hybridized carbons (Fsp3) is 0.545. The van der Waals surface area contributed by atoms with Crippen molar-refractivity contribution < 1.29 is 17.6 Å². The van der Waals surface area contributed by atoms with Crippen molar-refractivity contribution >= 4 is 28.3 Å². The standard InChI is InChI=1S/C11H19N3O4S.ClH/c1-7(12-3)6-14-11(15)9-5-10(18-8(9)2)19(16,17)13-4;/h5,7,12-13H,6H2,1-4H3,(H,14,15);1H. The van der Waals surface area contributed by atoms with Crippen LogP contribution in [0.2, 0.25) is 0 Å². The molecule has 0 radical (unpaired) electrons. The molecule has 0 aromatic carbocycles. The summed E-state index contributed by atoms with van der Waals surface area (Å²) in [5.41, 5.74) is 0.220. The van der Waals surface area contributed by atoms with Gasteiger partial charge in [0.25, 0.3) is 15.9 Å². The van der Waals surface area contributed by atoms with Crippen LogP contribution in [0, 0.1) is 6.92 Å². The van der Waals surface area contributed by atoms with Crippen LogP contribution in [0.25, 0.3) is 0 Å². The average Bonchev–Trinajstić information content (AvgIpc) is 2.78. The smallest absolute Gasteiger partial charge is 0.273 e. The van der Waals surface area contributed by atoms with Gasteiger partial charge in [0.05, 0.1) is 5.56 Å². The maximum absolute atomic E-state index is 11.9. The Hall–Kier alpha value is -1.09. The van der Waals surface area contributed by atoms with E-state index in [1.807, 2.05) is 6.92 Å². The zero-order chi connectivity index (χ0) is 14.6. The lowest BCUT2D eigenvalue weighted by atomic mass is 10.2. The van der Waals surface area contributed by atoms with Gasteiger partial charge in [-0.3, -0.25) is 4.79 Å². The van der Waals surface area contributed by atoms with Gasteiger partial charge in [0.1, 0.15) is 5.76 Å². The van der Waals surface area contributed by atoms with E-state index in [0.717, 1.165) is 0 Å². The minimum absolute atomic E-state index is 0. The van der Waals surface area contributed by atoms with Gasteiger partial charge in [-0.05, 0) is 27.9 Å². The van der Waals surface area contributed by atoms with Gasteiger partial charge >= 0.3 is 0 Å². The Balaban J connectivity index is 0.00000361. The fourth-order valence-electron chi connectivity index (χ4n) is 1.36. The van der Waals surface area contributed by atoms with Crippen LogP contribution in [-0.2, 0) is 10.0 Å². The molecular formula is C11H20ClN3O4S. The average molecular weight is 326 g/mol. The van der Waals surface area contributed by atoms with Crippen LogP contribution in [0.1, 0.15) is 23.0 Å². The summed E-state index contributed by atoms with van der Waals surface area (Å²) in [6.07, 6.45) is 0. The second-order valence-corrected chi connectivity index (χ2v) is 5.96. The maximum atomic E-state index is 11.9. The molecule has 0 fully saturated rings. The van der Waals surface area contributed by atoms with Crippen LogP contribution < -0.4 is 15.4 Å². The SMILES string of the molecule is CNC(C)CNC(=O)c1cc(S(=O)(=O)NC)oc1C.Cl. The minimum Gasteiger partial charge on any atom is -0.448 e. The van der Waals surface area contributed by atoms with Gasteiger partial charge in [-0.1, -0.05) is 0 Å². The molecule has 1 rings (SSSR count). The highest BCUT2D eigenvalue weighted by atomic mass is 35.5. The molecule has 1 aromatic heterocycles. The van der Waals surface area contributed by atoms with E-state index in [2.05, 4.69) is 15.4 Å². The van der Waals surface area contributed by atoms with Crippen LogP contribution in [0.5, 0.6) is 0 Å². The predicted octanol–water partition coefficient (Wildman–Crippen LogP) is 0.256. The Kier molecular flexibility index (Phi) is 7.21. The molecule has 0 aliphatic carbocycles. The number of sulfonamides is 1. The second-order valence-electron chi connectivity index (χ2n) is 4.14. The van der Waals surface area contributed by atoms with Crippen molar-refractivity contribution in [2.45, 2.75) is 25.0 Å². The van der Waals surface area contributed by atoms with Gasteiger partial charge in [0.15, 0.2) is 0 Å². The van der Waals surface area contributed by atoms with E-state index >= 15 is 0 Å². The summed E-state index contributed by atoms with van der Waals surface area (Å²) < 4.78 is 30.3. The second kappa shape index (κ2) is 7.63. The monoisotopic (exact) mass is 325 g/mol. The Morgan fingerprint density at radius 2 is 2.00 bits per heavy atom. The number of hydrogen-bond acceptors (Lipinski definition) is 5. The number of carbonyl (C=O) groups is 1. The Morgan fingerprint density at radius 3 is 2.50 bits per heavy atom. The number of amides is 1. The Morgan fingerprint density at radius 1 is 1.40 bits per heavy atom. The molecule has 0 saturated carbocycles. The summed E-state index contributed by atoms with van der Waals surface area (Å²) in [5.74, 6) is -0.0932. The highest BCUT2D eigenvalue weighted by Gasteiger charge is 2.22. The van der Waals surface area contributed by atoms with Crippen molar-refractivity contribution in [2.75, 3.05) is 20.6 Å². The number of likely N-dealkylation sites (N-methyl/N-ethyl adjacent to an activating group) is 1. The summed E-state index contributed by atoms with van der Waals surface area (Å²) in [7, 11) is -0.610. The molecule has 0 saturated heterocycles. The van der Waals surface area contributed by atoms with Gasteiger partial charge in [0, 0.05) is 18.7 Å². The van der Waals surface area contributed by atoms with Crippen molar-refractivity contribution in [3.8, 4) is 0 Å². The Labute approximate surface area is 125 Å². The summed E-state index contributed by atoms with van der Waals surface area (Å²) >= 11 is 0. The lowest BCUT2D eigenvalue weighted by Crippen LogP contribution is -2.37. The molecule has 20 heavy (non-hydrogen) atoms. The minimum atomic E-state index is -3.68. The molecule has 7 nitrogen and oxygen atoms in total. The number of rotatable bonds is 6. The first-order valence-corrected chi connectivity index (χ1v) is 7.29. The van der Waals surface area contributed by atoms with E-state index in [9.17, 15) is 13.2 Å². The lowest BCUT2D eigenvalue weighted by molar-refractivity contribution is 0.0949. The quantitative estimate of drug-likeness (QED) is 0.696. The van der Waals surface area contributed by atoms with Crippen LogP contribution in [0.3, 0.4) is 0 Å². The molecule has 0 aliphatic heterocycles. The van der Waals surface area contributed by atoms with E-state index in [0.29, 0.717) is 6.54 Å². The van der Waals surface area contributed by atoms with E-state index in [1.54, 1.807) is 14.0 Å². The summed E-state index contributed by atoms with van der Waals surface area (Å²) in [6, 6.07) is 1.34. The highest BCUT2D eigenvalue weighted by molar-refractivity contribution is 7.89. The van der Waals surface area contributed by atoms with Crippen molar-refractivity contribution in [1.82, 2.24) is 15.4 Å². The third kappa shape index (κ3) is 4.48. The fourth-order valence-corrected chi connectivity index (χ4v) is 2.07. The predicted molar refractivity (Wildman–Crippen MR) is 77.8 cm³/mol. The first kappa shape index (κ1) is 18.9. The highest BCUT2D eigenvalue weighted by Crippen LogP contribution is 2.18. The Bertz CT molecular complexity index is 556. The topological polar surface area (TPSA) is 100 Å². The number of carbonyl (C=O) groups excluding carboxylic acids is 1. The zero-order valence-electron chi connectivity index (χ0n) is 11.8. The van der Waals surface area contributed by atoms with Crippen LogP contribution in [0.4, 0.5) is 0 Å². The largest absolute Gasteiger partial charge is 0.448 e. The van der Waals surface area contributed by atoms with Gasteiger partial charge in [-0.25, -0.2) is 13.1 Å². The van der Waals surface area contributed by atoms with E-state index in [1.165, 1.54) is 13.1 Å². The molecular weight excluding hydrogens is 306 g/mol. The normalized spacial score (nSPS) is 12.6. The third-order valence-electron chi connectivity index (χ3n) is 2.73. The molecule has 116 valence electrons.